The third kappa shape index (κ3) is 3.14. The quantitative estimate of drug-likeness (QED) is 0.907. The van der Waals surface area contributed by atoms with Crippen LogP contribution in [0.15, 0.2) is 23.1 Å². The summed E-state index contributed by atoms with van der Waals surface area (Å²) in [5.74, 6) is 0.911. The Morgan fingerprint density at radius 1 is 1.41 bits per heavy atom. The first-order valence-electron chi connectivity index (χ1n) is 8.06. The zero-order valence-corrected chi connectivity index (χ0v) is 13.7. The van der Waals surface area contributed by atoms with Gasteiger partial charge in [-0.2, -0.15) is 0 Å². The molecule has 4 nitrogen and oxygen atoms in total. The number of piperidine rings is 1. The molecule has 0 aliphatic carbocycles. The van der Waals surface area contributed by atoms with Crippen LogP contribution in [0.1, 0.15) is 49.4 Å². The van der Waals surface area contributed by atoms with Crippen LogP contribution in [0.25, 0.3) is 0 Å². The second kappa shape index (κ2) is 6.73. The Balaban J connectivity index is 1.85. The SMILES string of the molecule is CCC1CCCCN1C(=O)c1ccc2c(c1)NC(=O)CCS2. The van der Waals surface area contributed by atoms with Crippen LogP contribution in [0, 0.1) is 0 Å². The van der Waals surface area contributed by atoms with Crippen molar-refractivity contribution in [3.8, 4) is 0 Å². The number of benzene rings is 1. The number of likely N-dealkylation sites (tertiary alicyclic amines) is 1. The lowest BCUT2D eigenvalue weighted by Crippen LogP contribution is -2.43. The first-order chi connectivity index (χ1) is 10.7. The molecule has 5 heteroatoms. The molecule has 22 heavy (non-hydrogen) atoms. The van der Waals surface area contributed by atoms with E-state index in [0.717, 1.165) is 42.1 Å². The van der Waals surface area contributed by atoms with Crippen molar-refractivity contribution in [3.05, 3.63) is 23.8 Å². The van der Waals surface area contributed by atoms with Gasteiger partial charge >= 0.3 is 0 Å². The third-order valence-corrected chi connectivity index (χ3v) is 5.52. The van der Waals surface area contributed by atoms with E-state index >= 15 is 0 Å². The highest BCUT2D eigenvalue weighted by Crippen LogP contribution is 2.32. The van der Waals surface area contributed by atoms with E-state index in [-0.39, 0.29) is 11.8 Å². The summed E-state index contributed by atoms with van der Waals surface area (Å²) in [6.45, 7) is 2.99. The summed E-state index contributed by atoms with van der Waals surface area (Å²) in [4.78, 5) is 27.6. The van der Waals surface area contributed by atoms with Gasteiger partial charge in [-0.1, -0.05) is 6.92 Å². The van der Waals surface area contributed by atoms with Crippen molar-refractivity contribution in [2.45, 2.75) is 50.0 Å². The van der Waals surface area contributed by atoms with Crippen molar-refractivity contribution in [2.75, 3.05) is 17.6 Å². The average Bonchev–Trinajstić information content (AvgIpc) is 2.73. The van der Waals surface area contributed by atoms with Crippen LogP contribution in [-0.4, -0.2) is 35.1 Å². The number of fused-ring (bicyclic) bond motifs is 1. The summed E-state index contributed by atoms with van der Waals surface area (Å²) in [5, 5.41) is 2.92. The van der Waals surface area contributed by atoms with Crippen molar-refractivity contribution < 1.29 is 9.59 Å². The van der Waals surface area contributed by atoms with Crippen LogP contribution in [0.5, 0.6) is 0 Å². The van der Waals surface area contributed by atoms with Crippen molar-refractivity contribution in [3.63, 3.8) is 0 Å². The Morgan fingerprint density at radius 2 is 2.27 bits per heavy atom. The van der Waals surface area contributed by atoms with Gasteiger partial charge in [0.25, 0.3) is 5.91 Å². The van der Waals surface area contributed by atoms with E-state index in [9.17, 15) is 9.59 Å². The summed E-state index contributed by atoms with van der Waals surface area (Å²) in [7, 11) is 0. The minimum absolute atomic E-state index is 0.0280. The molecule has 1 N–H and O–H groups in total. The van der Waals surface area contributed by atoms with Gasteiger partial charge in [-0.25, -0.2) is 0 Å². The maximum Gasteiger partial charge on any atom is 0.254 e. The fourth-order valence-electron chi connectivity index (χ4n) is 3.21. The maximum absolute atomic E-state index is 12.8. The fourth-order valence-corrected chi connectivity index (χ4v) is 4.15. The molecular formula is C17H22N2O2S. The minimum atomic E-state index is 0.0280. The normalized spacial score (nSPS) is 21.8. The molecule has 1 atom stereocenters. The van der Waals surface area contributed by atoms with Gasteiger partial charge < -0.3 is 10.2 Å². The fraction of sp³-hybridized carbons (Fsp3) is 0.529. The standard InChI is InChI=1S/C17H22N2O2S/c1-2-13-5-3-4-9-19(13)17(21)12-6-7-15-14(11-12)18-16(20)8-10-22-15/h6-7,11,13H,2-5,8-10H2,1H3,(H,18,20). The second-order valence-corrected chi connectivity index (χ2v) is 7.05. The van der Waals surface area contributed by atoms with E-state index in [1.807, 2.05) is 23.1 Å². The molecular weight excluding hydrogens is 296 g/mol. The van der Waals surface area contributed by atoms with Crippen LogP contribution in [0.2, 0.25) is 0 Å². The summed E-state index contributed by atoms with van der Waals surface area (Å²) in [6.07, 6.45) is 4.91. The Kier molecular flexibility index (Phi) is 4.71. The summed E-state index contributed by atoms with van der Waals surface area (Å²) in [5.41, 5.74) is 1.46. The van der Waals surface area contributed by atoms with Gasteiger partial charge in [-0.05, 0) is 43.9 Å². The molecule has 1 unspecified atom stereocenters. The van der Waals surface area contributed by atoms with E-state index in [1.54, 1.807) is 11.8 Å². The van der Waals surface area contributed by atoms with E-state index in [4.69, 9.17) is 0 Å². The van der Waals surface area contributed by atoms with Crippen molar-refractivity contribution in [2.24, 2.45) is 0 Å². The van der Waals surface area contributed by atoms with Gasteiger partial charge in [0.05, 0.1) is 5.69 Å². The van der Waals surface area contributed by atoms with Gasteiger partial charge in [-0.15, -0.1) is 11.8 Å². The predicted molar refractivity (Wildman–Crippen MR) is 89.4 cm³/mol. The minimum Gasteiger partial charge on any atom is -0.336 e. The summed E-state index contributed by atoms with van der Waals surface area (Å²) >= 11 is 1.67. The highest BCUT2D eigenvalue weighted by atomic mass is 32.2. The van der Waals surface area contributed by atoms with E-state index in [2.05, 4.69) is 12.2 Å². The highest BCUT2D eigenvalue weighted by Gasteiger charge is 2.27. The van der Waals surface area contributed by atoms with Crippen LogP contribution in [0.3, 0.4) is 0 Å². The van der Waals surface area contributed by atoms with Crippen molar-refractivity contribution in [1.82, 2.24) is 4.90 Å². The molecule has 0 spiro atoms. The van der Waals surface area contributed by atoms with Gasteiger partial charge in [-0.3, -0.25) is 9.59 Å². The van der Waals surface area contributed by atoms with Crippen LogP contribution < -0.4 is 5.32 Å². The number of rotatable bonds is 2. The first kappa shape index (κ1) is 15.4. The third-order valence-electron chi connectivity index (χ3n) is 4.45. The van der Waals surface area contributed by atoms with E-state index < -0.39 is 0 Å². The molecule has 118 valence electrons. The van der Waals surface area contributed by atoms with Gasteiger partial charge in [0, 0.05) is 35.2 Å². The largest absolute Gasteiger partial charge is 0.336 e. The molecule has 0 saturated carbocycles. The monoisotopic (exact) mass is 318 g/mol. The zero-order valence-electron chi connectivity index (χ0n) is 12.9. The molecule has 0 aromatic heterocycles. The Bertz CT molecular complexity index is 588. The second-order valence-electron chi connectivity index (χ2n) is 5.91. The molecule has 2 heterocycles. The van der Waals surface area contributed by atoms with Crippen molar-refractivity contribution in [1.29, 1.82) is 0 Å². The first-order valence-corrected chi connectivity index (χ1v) is 9.05. The number of amides is 2. The molecule has 1 saturated heterocycles. The number of nitrogens with zero attached hydrogens (tertiary/aromatic N) is 1. The Labute approximate surface area is 135 Å². The summed E-state index contributed by atoms with van der Waals surface area (Å²) in [6, 6.07) is 6.05. The van der Waals surface area contributed by atoms with Crippen LogP contribution in [-0.2, 0) is 4.79 Å². The molecule has 0 radical (unpaired) electrons. The molecule has 1 aromatic carbocycles. The lowest BCUT2D eigenvalue weighted by atomic mass is 9.99. The number of thioether (sulfide) groups is 1. The topological polar surface area (TPSA) is 49.4 Å². The number of nitrogens with one attached hydrogen (secondary N) is 1. The van der Waals surface area contributed by atoms with Gasteiger partial charge in [0.1, 0.15) is 0 Å². The number of hydrogen-bond acceptors (Lipinski definition) is 3. The number of carbonyl (C=O) groups is 2. The van der Waals surface area contributed by atoms with Crippen LogP contribution in [0.4, 0.5) is 5.69 Å². The van der Waals surface area contributed by atoms with Gasteiger partial charge in [0.2, 0.25) is 5.91 Å². The zero-order chi connectivity index (χ0) is 15.5. The maximum atomic E-state index is 12.8. The number of hydrogen-bond donors (Lipinski definition) is 1. The molecule has 3 rings (SSSR count). The molecule has 1 fully saturated rings. The molecule has 1 aromatic rings. The smallest absolute Gasteiger partial charge is 0.254 e. The van der Waals surface area contributed by atoms with Crippen molar-refractivity contribution >= 4 is 29.3 Å². The molecule has 2 aliphatic heterocycles. The molecule has 2 amide bonds. The lowest BCUT2D eigenvalue weighted by molar-refractivity contribution is -0.115. The number of carbonyl (C=O) groups excluding carboxylic acids is 2. The summed E-state index contributed by atoms with van der Waals surface area (Å²) < 4.78 is 0. The van der Waals surface area contributed by atoms with E-state index in [0.29, 0.717) is 18.0 Å². The highest BCUT2D eigenvalue weighted by molar-refractivity contribution is 7.99. The Hall–Kier alpha value is -1.49. The lowest BCUT2D eigenvalue weighted by Gasteiger charge is -2.35. The average molecular weight is 318 g/mol. The number of anilines is 1. The molecule has 2 aliphatic rings. The molecule has 0 bridgehead atoms. The predicted octanol–water partition coefficient (Wildman–Crippen LogP) is 3.53. The van der Waals surface area contributed by atoms with Crippen LogP contribution >= 0.6 is 11.8 Å². The van der Waals surface area contributed by atoms with Gasteiger partial charge in [0.15, 0.2) is 0 Å². The Morgan fingerprint density at radius 3 is 3.09 bits per heavy atom. The van der Waals surface area contributed by atoms with E-state index in [1.165, 1.54) is 6.42 Å².